The highest BCUT2D eigenvalue weighted by atomic mass is 16.4. The topological polar surface area (TPSA) is 217 Å². The van der Waals surface area contributed by atoms with Crippen molar-refractivity contribution in [3.63, 3.8) is 0 Å². The molecule has 0 saturated heterocycles. The van der Waals surface area contributed by atoms with E-state index in [1.807, 2.05) is 13.8 Å². The molecule has 1 rings (SSSR count). The Morgan fingerprint density at radius 2 is 1.64 bits per heavy atom. The van der Waals surface area contributed by atoms with Crippen molar-refractivity contribution >= 4 is 29.7 Å². The second-order valence-electron chi connectivity index (χ2n) is 9.28. The highest BCUT2D eigenvalue weighted by molar-refractivity contribution is 5.94. The third kappa shape index (κ3) is 10.4. The van der Waals surface area contributed by atoms with Crippen LogP contribution in [0.5, 0.6) is 0 Å². The van der Waals surface area contributed by atoms with Crippen molar-refractivity contribution in [1.82, 2.24) is 25.9 Å². The van der Waals surface area contributed by atoms with Crippen LogP contribution in [0.15, 0.2) is 12.5 Å². The monoisotopic (exact) mass is 510 g/mol. The SMILES string of the molecule is CCC(C)C(NC(=O)C(CCC(=O)O)NC(=O)C(N)CC(C)C)C(=O)NC(Cc1cnc[nH]1)C(=O)O. The zero-order valence-electron chi connectivity index (χ0n) is 21.1. The van der Waals surface area contributed by atoms with Crippen molar-refractivity contribution in [3.8, 4) is 0 Å². The van der Waals surface area contributed by atoms with Crippen LogP contribution in [-0.2, 0) is 30.4 Å². The van der Waals surface area contributed by atoms with Gasteiger partial charge in [0.05, 0.1) is 12.4 Å². The summed E-state index contributed by atoms with van der Waals surface area (Å²) in [5.74, 6) is -4.78. The van der Waals surface area contributed by atoms with Crippen LogP contribution in [0.3, 0.4) is 0 Å². The predicted molar refractivity (Wildman–Crippen MR) is 129 cm³/mol. The molecule has 1 heterocycles. The quantitative estimate of drug-likeness (QED) is 0.156. The standard InChI is InChI=1S/C23H38N6O7/c1-5-13(4)19(22(34)28-17(23(35)36)9-14-10-25-11-26-14)29-21(33)16(6-7-18(30)31)27-20(32)15(24)8-12(2)3/h10-13,15-17,19H,5-9,24H2,1-4H3,(H,25,26)(H,27,32)(H,28,34)(H,29,33)(H,30,31)(H,35,36). The summed E-state index contributed by atoms with van der Waals surface area (Å²) >= 11 is 0. The molecule has 0 bridgehead atoms. The molecule has 0 aliphatic carbocycles. The third-order valence-corrected chi connectivity index (χ3v) is 5.73. The van der Waals surface area contributed by atoms with Crippen molar-refractivity contribution in [2.75, 3.05) is 0 Å². The summed E-state index contributed by atoms with van der Waals surface area (Å²) in [6, 6.07) is -4.54. The van der Waals surface area contributed by atoms with Crippen LogP contribution >= 0.6 is 0 Å². The fourth-order valence-electron chi connectivity index (χ4n) is 3.46. The van der Waals surface area contributed by atoms with Crippen LogP contribution in [0, 0.1) is 11.8 Å². The first-order chi connectivity index (χ1) is 16.8. The molecule has 0 aliphatic heterocycles. The highest BCUT2D eigenvalue weighted by Gasteiger charge is 2.33. The average molecular weight is 511 g/mol. The number of aliphatic carboxylic acids is 2. The van der Waals surface area contributed by atoms with Crippen molar-refractivity contribution in [2.45, 2.75) is 84.0 Å². The first kappa shape index (κ1) is 30.6. The minimum absolute atomic E-state index is 0.0483. The molecule has 0 fully saturated rings. The van der Waals surface area contributed by atoms with Gasteiger partial charge in [-0.15, -0.1) is 0 Å². The van der Waals surface area contributed by atoms with Crippen LogP contribution in [0.4, 0.5) is 0 Å². The molecule has 202 valence electrons. The molecule has 8 N–H and O–H groups in total. The van der Waals surface area contributed by atoms with Crippen molar-refractivity contribution < 1.29 is 34.2 Å². The van der Waals surface area contributed by atoms with E-state index in [2.05, 4.69) is 25.9 Å². The second-order valence-corrected chi connectivity index (χ2v) is 9.28. The molecular formula is C23H38N6O7. The largest absolute Gasteiger partial charge is 0.481 e. The Morgan fingerprint density at radius 1 is 1.00 bits per heavy atom. The molecular weight excluding hydrogens is 472 g/mol. The number of hydrogen-bond donors (Lipinski definition) is 7. The van der Waals surface area contributed by atoms with E-state index < -0.39 is 66.2 Å². The Balaban J connectivity index is 3.02. The number of carboxylic acid groups (broad SMARTS) is 2. The zero-order valence-corrected chi connectivity index (χ0v) is 21.1. The molecule has 0 aliphatic rings. The van der Waals surface area contributed by atoms with Gasteiger partial charge in [-0.2, -0.15) is 0 Å². The van der Waals surface area contributed by atoms with Gasteiger partial charge >= 0.3 is 11.9 Å². The van der Waals surface area contributed by atoms with E-state index >= 15 is 0 Å². The number of hydrogen-bond acceptors (Lipinski definition) is 7. The lowest BCUT2D eigenvalue weighted by Gasteiger charge is -2.28. The number of aromatic amines is 1. The van der Waals surface area contributed by atoms with Gasteiger partial charge in [0.25, 0.3) is 0 Å². The number of rotatable bonds is 16. The van der Waals surface area contributed by atoms with Crippen LogP contribution in [0.25, 0.3) is 0 Å². The number of H-pyrrole nitrogens is 1. The summed E-state index contributed by atoms with van der Waals surface area (Å²) in [6.45, 7) is 7.27. The van der Waals surface area contributed by atoms with Gasteiger partial charge in [0.2, 0.25) is 17.7 Å². The molecule has 0 spiro atoms. The van der Waals surface area contributed by atoms with Gasteiger partial charge in [0, 0.05) is 24.7 Å². The van der Waals surface area contributed by atoms with Crippen molar-refractivity contribution in [1.29, 1.82) is 0 Å². The number of imidazole rings is 1. The molecule has 0 radical (unpaired) electrons. The Hall–Kier alpha value is -3.48. The maximum Gasteiger partial charge on any atom is 0.326 e. The summed E-state index contributed by atoms with van der Waals surface area (Å²) in [5, 5.41) is 26.1. The summed E-state index contributed by atoms with van der Waals surface area (Å²) in [6.07, 6.45) is 3.00. The molecule has 5 atom stereocenters. The predicted octanol–water partition coefficient (Wildman–Crippen LogP) is -0.224. The van der Waals surface area contributed by atoms with E-state index in [-0.39, 0.29) is 18.8 Å². The highest BCUT2D eigenvalue weighted by Crippen LogP contribution is 2.11. The maximum atomic E-state index is 13.1. The molecule has 3 amide bonds. The maximum absolute atomic E-state index is 13.1. The number of carbonyl (C=O) groups excluding carboxylic acids is 3. The number of carboxylic acids is 2. The van der Waals surface area contributed by atoms with Gasteiger partial charge in [-0.1, -0.05) is 34.1 Å². The summed E-state index contributed by atoms with van der Waals surface area (Å²) in [7, 11) is 0. The molecule has 0 saturated carbocycles. The Morgan fingerprint density at radius 3 is 2.14 bits per heavy atom. The number of amides is 3. The van der Waals surface area contributed by atoms with Crippen LogP contribution in [0.2, 0.25) is 0 Å². The van der Waals surface area contributed by atoms with E-state index in [4.69, 9.17) is 10.8 Å². The Kier molecular flexibility index (Phi) is 12.6. The molecule has 1 aromatic heterocycles. The van der Waals surface area contributed by atoms with Gasteiger partial charge < -0.3 is 36.9 Å². The van der Waals surface area contributed by atoms with E-state index in [1.54, 1.807) is 13.8 Å². The van der Waals surface area contributed by atoms with Gasteiger partial charge in [-0.05, 0) is 24.7 Å². The van der Waals surface area contributed by atoms with Crippen molar-refractivity contribution in [2.24, 2.45) is 17.6 Å². The van der Waals surface area contributed by atoms with Crippen molar-refractivity contribution in [3.05, 3.63) is 18.2 Å². The van der Waals surface area contributed by atoms with Gasteiger partial charge in [-0.3, -0.25) is 19.2 Å². The van der Waals surface area contributed by atoms with E-state index in [0.717, 1.165) is 0 Å². The first-order valence-electron chi connectivity index (χ1n) is 11.9. The van der Waals surface area contributed by atoms with Crippen LogP contribution in [0.1, 0.15) is 59.1 Å². The normalized spacial score (nSPS) is 15.3. The zero-order chi connectivity index (χ0) is 27.4. The Bertz CT molecular complexity index is 890. The molecule has 13 heteroatoms. The summed E-state index contributed by atoms with van der Waals surface area (Å²) in [5.41, 5.74) is 6.39. The molecule has 0 aromatic carbocycles. The van der Waals surface area contributed by atoms with Gasteiger partial charge in [0.1, 0.15) is 18.1 Å². The van der Waals surface area contributed by atoms with E-state index in [1.165, 1.54) is 12.5 Å². The van der Waals surface area contributed by atoms with Gasteiger partial charge in [-0.25, -0.2) is 9.78 Å². The van der Waals surface area contributed by atoms with Crippen LogP contribution in [-0.4, -0.2) is 74.0 Å². The number of carbonyl (C=O) groups is 5. The fraction of sp³-hybridized carbons (Fsp3) is 0.652. The fourth-order valence-corrected chi connectivity index (χ4v) is 3.46. The third-order valence-electron chi connectivity index (χ3n) is 5.73. The Labute approximate surface area is 210 Å². The first-order valence-corrected chi connectivity index (χ1v) is 11.9. The van der Waals surface area contributed by atoms with E-state index in [9.17, 15) is 29.1 Å². The number of nitrogens with two attached hydrogens (primary N) is 1. The molecule has 5 unspecified atom stereocenters. The second kappa shape index (κ2) is 14.8. The smallest absolute Gasteiger partial charge is 0.326 e. The number of nitrogens with one attached hydrogen (secondary N) is 4. The lowest BCUT2D eigenvalue weighted by Crippen LogP contribution is -2.59. The average Bonchev–Trinajstić information content (AvgIpc) is 3.31. The summed E-state index contributed by atoms with van der Waals surface area (Å²) in [4.78, 5) is 68.0. The summed E-state index contributed by atoms with van der Waals surface area (Å²) < 4.78 is 0. The number of aromatic nitrogens is 2. The van der Waals surface area contributed by atoms with Crippen LogP contribution < -0.4 is 21.7 Å². The van der Waals surface area contributed by atoms with E-state index in [0.29, 0.717) is 18.5 Å². The minimum Gasteiger partial charge on any atom is -0.481 e. The lowest BCUT2D eigenvalue weighted by atomic mass is 9.96. The molecule has 13 nitrogen and oxygen atoms in total. The van der Waals surface area contributed by atoms with Gasteiger partial charge in [0.15, 0.2) is 0 Å². The minimum atomic E-state index is -1.28. The number of nitrogens with zero attached hydrogens (tertiary/aromatic N) is 1. The molecule has 1 aromatic rings. The molecule has 36 heavy (non-hydrogen) atoms. The lowest BCUT2D eigenvalue weighted by molar-refractivity contribution is -0.142.